The van der Waals surface area contributed by atoms with E-state index in [-0.39, 0.29) is 10.9 Å². The molecule has 1 N–H and O–H groups in total. The lowest BCUT2D eigenvalue weighted by Gasteiger charge is -2.06. The monoisotopic (exact) mass is 375 g/mol. The molecule has 0 saturated carbocycles. The van der Waals surface area contributed by atoms with Crippen LogP contribution in [0.4, 0.5) is 10.1 Å². The number of carbonyl (C=O) groups excluding carboxylic acids is 1. The van der Waals surface area contributed by atoms with Gasteiger partial charge >= 0.3 is 0 Å². The summed E-state index contributed by atoms with van der Waals surface area (Å²) in [6.45, 7) is 0. The van der Waals surface area contributed by atoms with Crippen LogP contribution in [-0.2, 0) is 0 Å². The number of hydrogen-bond donors (Lipinski definition) is 1. The van der Waals surface area contributed by atoms with Crippen LogP contribution in [0.15, 0.2) is 42.5 Å². The van der Waals surface area contributed by atoms with E-state index in [1.807, 2.05) is 6.07 Å². The Kier molecular flexibility index (Phi) is 4.19. The van der Waals surface area contributed by atoms with Gasteiger partial charge in [0.05, 0.1) is 5.02 Å². The van der Waals surface area contributed by atoms with Crippen molar-refractivity contribution in [1.82, 2.24) is 0 Å². The first-order valence-corrected chi connectivity index (χ1v) is 6.54. The standard InChI is InChI=1S/C13H8ClFINO/c14-11-7-10(4-5-12(11)15)17-13(18)8-2-1-3-9(16)6-8/h1-7H,(H,17,18). The maximum atomic E-state index is 13.0. The summed E-state index contributed by atoms with van der Waals surface area (Å²) < 4.78 is 13.9. The van der Waals surface area contributed by atoms with Crippen molar-refractivity contribution in [1.29, 1.82) is 0 Å². The summed E-state index contributed by atoms with van der Waals surface area (Å²) in [5.41, 5.74) is 1.01. The van der Waals surface area contributed by atoms with E-state index in [4.69, 9.17) is 11.6 Å². The molecule has 1 amide bonds. The van der Waals surface area contributed by atoms with Gasteiger partial charge in [-0.05, 0) is 59.0 Å². The van der Waals surface area contributed by atoms with E-state index in [0.29, 0.717) is 11.3 Å². The molecule has 2 rings (SSSR count). The molecular weight excluding hydrogens is 368 g/mol. The number of nitrogens with one attached hydrogen (secondary N) is 1. The first kappa shape index (κ1) is 13.3. The summed E-state index contributed by atoms with van der Waals surface area (Å²) in [6, 6.07) is 11.2. The van der Waals surface area contributed by atoms with Crippen molar-refractivity contribution >= 4 is 45.8 Å². The second-order valence-corrected chi connectivity index (χ2v) is 5.25. The molecule has 5 heteroatoms. The third kappa shape index (κ3) is 3.20. The summed E-state index contributed by atoms with van der Waals surface area (Å²) in [4.78, 5) is 11.9. The third-order valence-electron chi connectivity index (χ3n) is 2.26. The molecule has 92 valence electrons. The van der Waals surface area contributed by atoms with Crippen molar-refractivity contribution in [2.24, 2.45) is 0 Å². The first-order valence-electron chi connectivity index (χ1n) is 5.08. The largest absolute Gasteiger partial charge is 0.322 e. The zero-order valence-corrected chi connectivity index (χ0v) is 12.0. The zero-order chi connectivity index (χ0) is 13.1. The molecule has 18 heavy (non-hydrogen) atoms. The van der Waals surface area contributed by atoms with E-state index in [1.54, 1.807) is 18.2 Å². The molecule has 0 unspecified atom stereocenters. The number of amides is 1. The van der Waals surface area contributed by atoms with Crippen LogP contribution in [0, 0.1) is 9.39 Å². The molecule has 2 nitrogen and oxygen atoms in total. The second-order valence-electron chi connectivity index (χ2n) is 3.59. The van der Waals surface area contributed by atoms with Crippen LogP contribution in [0.1, 0.15) is 10.4 Å². The van der Waals surface area contributed by atoms with E-state index in [1.165, 1.54) is 18.2 Å². The molecule has 2 aromatic carbocycles. The van der Waals surface area contributed by atoms with Crippen molar-refractivity contribution < 1.29 is 9.18 Å². The number of carbonyl (C=O) groups is 1. The molecule has 0 aromatic heterocycles. The van der Waals surface area contributed by atoms with Gasteiger partial charge < -0.3 is 5.32 Å². The van der Waals surface area contributed by atoms with Gasteiger partial charge in [-0.3, -0.25) is 4.79 Å². The van der Waals surface area contributed by atoms with Crippen molar-refractivity contribution in [2.45, 2.75) is 0 Å². The van der Waals surface area contributed by atoms with Gasteiger partial charge in [-0.1, -0.05) is 17.7 Å². The topological polar surface area (TPSA) is 29.1 Å². The lowest BCUT2D eigenvalue weighted by molar-refractivity contribution is 0.102. The normalized spacial score (nSPS) is 10.2. The van der Waals surface area contributed by atoms with Gasteiger partial charge in [0.1, 0.15) is 5.82 Å². The Morgan fingerprint density at radius 1 is 1.22 bits per heavy atom. The second kappa shape index (κ2) is 5.67. The van der Waals surface area contributed by atoms with Gasteiger partial charge in [0.25, 0.3) is 5.91 Å². The van der Waals surface area contributed by atoms with Gasteiger partial charge in [-0.25, -0.2) is 4.39 Å². The first-order chi connectivity index (χ1) is 8.56. The molecule has 0 radical (unpaired) electrons. The van der Waals surface area contributed by atoms with Gasteiger partial charge in [0.2, 0.25) is 0 Å². The summed E-state index contributed by atoms with van der Waals surface area (Å²) >= 11 is 7.77. The highest BCUT2D eigenvalue weighted by Gasteiger charge is 2.07. The van der Waals surface area contributed by atoms with E-state index in [9.17, 15) is 9.18 Å². The molecule has 0 spiro atoms. The molecule has 2 aromatic rings. The summed E-state index contributed by atoms with van der Waals surface area (Å²) in [7, 11) is 0. The Morgan fingerprint density at radius 2 is 2.00 bits per heavy atom. The number of halogens is 3. The molecule has 0 fully saturated rings. The maximum Gasteiger partial charge on any atom is 0.255 e. The SMILES string of the molecule is O=C(Nc1ccc(F)c(Cl)c1)c1cccc(I)c1. The van der Waals surface area contributed by atoms with E-state index < -0.39 is 5.82 Å². The van der Waals surface area contributed by atoms with Crippen molar-refractivity contribution in [3.8, 4) is 0 Å². The third-order valence-corrected chi connectivity index (χ3v) is 3.22. The van der Waals surface area contributed by atoms with Crippen LogP contribution in [-0.4, -0.2) is 5.91 Å². The fourth-order valence-corrected chi connectivity index (χ4v) is 2.13. The van der Waals surface area contributed by atoms with E-state index in [2.05, 4.69) is 27.9 Å². The Hall–Kier alpha value is -1.14. The molecule has 0 saturated heterocycles. The molecule has 0 aliphatic heterocycles. The average Bonchev–Trinajstić information content (AvgIpc) is 2.34. The van der Waals surface area contributed by atoms with Crippen molar-refractivity contribution in [3.63, 3.8) is 0 Å². The van der Waals surface area contributed by atoms with Crippen LogP contribution in [0.25, 0.3) is 0 Å². The van der Waals surface area contributed by atoms with E-state index >= 15 is 0 Å². The van der Waals surface area contributed by atoms with Crippen LogP contribution < -0.4 is 5.32 Å². The number of rotatable bonds is 2. The van der Waals surface area contributed by atoms with Gasteiger partial charge in [-0.2, -0.15) is 0 Å². The molecular formula is C13H8ClFINO. The van der Waals surface area contributed by atoms with E-state index in [0.717, 1.165) is 3.57 Å². The van der Waals surface area contributed by atoms with Crippen LogP contribution in [0.3, 0.4) is 0 Å². The number of hydrogen-bond acceptors (Lipinski definition) is 1. The Morgan fingerprint density at radius 3 is 2.67 bits per heavy atom. The number of benzene rings is 2. The van der Waals surface area contributed by atoms with Gasteiger partial charge in [-0.15, -0.1) is 0 Å². The Balaban J connectivity index is 2.18. The summed E-state index contributed by atoms with van der Waals surface area (Å²) in [5, 5.41) is 2.64. The highest BCUT2D eigenvalue weighted by molar-refractivity contribution is 14.1. The molecule has 0 bridgehead atoms. The zero-order valence-electron chi connectivity index (χ0n) is 9.08. The van der Waals surface area contributed by atoms with Crippen LogP contribution in [0.5, 0.6) is 0 Å². The average molecular weight is 376 g/mol. The summed E-state index contributed by atoms with van der Waals surface area (Å²) in [5.74, 6) is -0.764. The fraction of sp³-hybridized carbons (Fsp3) is 0. The summed E-state index contributed by atoms with van der Waals surface area (Å²) in [6.07, 6.45) is 0. The predicted octanol–water partition coefficient (Wildman–Crippen LogP) is 4.34. The van der Waals surface area contributed by atoms with Gasteiger partial charge in [0, 0.05) is 14.8 Å². The quantitative estimate of drug-likeness (QED) is 0.778. The molecule has 0 atom stereocenters. The van der Waals surface area contributed by atoms with Crippen LogP contribution >= 0.6 is 34.2 Å². The van der Waals surface area contributed by atoms with Crippen molar-refractivity contribution in [3.05, 3.63) is 62.4 Å². The van der Waals surface area contributed by atoms with Crippen LogP contribution in [0.2, 0.25) is 5.02 Å². The highest BCUT2D eigenvalue weighted by atomic mass is 127. The molecule has 0 aliphatic carbocycles. The number of anilines is 1. The minimum atomic E-state index is -0.510. The Bertz CT molecular complexity index is 603. The minimum Gasteiger partial charge on any atom is -0.322 e. The highest BCUT2D eigenvalue weighted by Crippen LogP contribution is 2.20. The van der Waals surface area contributed by atoms with Crippen molar-refractivity contribution in [2.75, 3.05) is 5.32 Å². The Labute approximate surface area is 122 Å². The lowest BCUT2D eigenvalue weighted by atomic mass is 10.2. The fourth-order valence-electron chi connectivity index (χ4n) is 1.41. The molecule has 0 aliphatic rings. The smallest absolute Gasteiger partial charge is 0.255 e. The lowest BCUT2D eigenvalue weighted by Crippen LogP contribution is -2.11. The predicted molar refractivity (Wildman–Crippen MR) is 78.5 cm³/mol. The molecule has 0 heterocycles. The minimum absolute atomic E-state index is 0.0181. The maximum absolute atomic E-state index is 13.0. The van der Waals surface area contributed by atoms with Gasteiger partial charge in [0.15, 0.2) is 0 Å².